The number of nitrogens with zero attached hydrogens (tertiary/aromatic N) is 2. The molecule has 1 heterocycles. The second-order valence-electron chi connectivity index (χ2n) is 5.78. The van der Waals surface area contributed by atoms with Crippen LogP contribution in [0.2, 0.25) is 5.02 Å². The van der Waals surface area contributed by atoms with Crippen LogP contribution in [-0.2, 0) is 23.6 Å². The summed E-state index contributed by atoms with van der Waals surface area (Å²) in [6, 6.07) is 14.8. The number of halogens is 1. The van der Waals surface area contributed by atoms with E-state index in [1.165, 1.54) is 18.2 Å². The van der Waals surface area contributed by atoms with Crippen molar-refractivity contribution in [1.82, 2.24) is 14.5 Å². The molecule has 0 fully saturated rings. The zero-order valence-corrected chi connectivity index (χ0v) is 16.0. The van der Waals surface area contributed by atoms with Gasteiger partial charge in [0.2, 0.25) is 10.0 Å². The second-order valence-corrected chi connectivity index (χ2v) is 7.93. The van der Waals surface area contributed by atoms with Gasteiger partial charge in [-0.25, -0.2) is 13.1 Å². The Morgan fingerprint density at radius 3 is 2.56 bits per heavy atom. The van der Waals surface area contributed by atoms with Crippen LogP contribution in [0, 0.1) is 0 Å². The summed E-state index contributed by atoms with van der Waals surface area (Å²) in [5, 5.41) is 6.69. The Balaban J connectivity index is 1.80. The van der Waals surface area contributed by atoms with Gasteiger partial charge in [0.15, 0.2) is 5.82 Å². The van der Waals surface area contributed by atoms with Crippen LogP contribution in [0.25, 0.3) is 0 Å². The van der Waals surface area contributed by atoms with E-state index in [1.54, 1.807) is 36.1 Å². The largest absolute Gasteiger partial charge is 0.305 e. The van der Waals surface area contributed by atoms with Crippen LogP contribution in [0.15, 0.2) is 65.7 Å². The fourth-order valence-electron chi connectivity index (χ4n) is 2.37. The van der Waals surface area contributed by atoms with Crippen molar-refractivity contribution in [3.63, 3.8) is 0 Å². The van der Waals surface area contributed by atoms with Crippen LogP contribution in [-0.4, -0.2) is 24.1 Å². The molecule has 0 bridgehead atoms. The lowest BCUT2D eigenvalue weighted by atomic mass is 10.2. The van der Waals surface area contributed by atoms with E-state index in [2.05, 4.69) is 15.1 Å². The quantitative estimate of drug-likeness (QED) is 0.660. The highest BCUT2D eigenvalue weighted by Gasteiger charge is 2.20. The van der Waals surface area contributed by atoms with Crippen molar-refractivity contribution in [3.05, 3.63) is 76.9 Å². The second kappa shape index (κ2) is 7.91. The maximum Gasteiger partial charge on any atom is 0.256 e. The maximum atomic E-state index is 12.6. The lowest BCUT2D eigenvalue weighted by Gasteiger charge is -2.10. The molecule has 2 N–H and O–H groups in total. The molecule has 0 saturated heterocycles. The molecule has 0 aliphatic rings. The van der Waals surface area contributed by atoms with Crippen LogP contribution in [0.4, 0.5) is 5.82 Å². The van der Waals surface area contributed by atoms with Crippen LogP contribution in [0.3, 0.4) is 0 Å². The average Bonchev–Trinajstić information content (AvgIpc) is 3.06. The fourth-order valence-corrected chi connectivity index (χ4v) is 3.91. The van der Waals surface area contributed by atoms with Crippen molar-refractivity contribution in [2.45, 2.75) is 11.4 Å². The number of carbonyl (C=O) groups excluding carboxylic acids is 1. The molecule has 0 spiro atoms. The predicted molar refractivity (Wildman–Crippen MR) is 103 cm³/mol. The molecule has 1 amide bonds. The zero-order valence-electron chi connectivity index (χ0n) is 14.4. The van der Waals surface area contributed by atoms with Gasteiger partial charge in [-0.3, -0.25) is 9.48 Å². The number of sulfonamides is 1. The van der Waals surface area contributed by atoms with Gasteiger partial charge in [0, 0.05) is 31.4 Å². The minimum atomic E-state index is -3.90. The summed E-state index contributed by atoms with van der Waals surface area (Å²) in [6.45, 7) is 0.115. The van der Waals surface area contributed by atoms with Crippen molar-refractivity contribution in [2.24, 2.45) is 7.05 Å². The molecule has 0 saturated carbocycles. The first kappa shape index (κ1) is 19.1. The van der Waals surface area contributed by atoms with E-state index < -0.39 is 15.9 Å². The first-order chi connectivity index (χ1) is 12.8. The Hall–Kier alpha value is -2.68. The van der Waals surface area contributed by atoms with Crippen LogP contribution >= 0.6 is 11.6 Å². The normalized spacial score (nSPS) is 11.3. The monoisotopic (exact) mass is 404 g/mol. The lowest BCUT2D eigenvalue weighted by molar-refractivity contribution is 0.102. The molecule has 0 radical (unpaired) electrons. The Bertz CT molecular complexity index is 1070. The molecule has 140 valence electrons. The molecule has 0 atom stereocenters. The highest BCUT2D eigenvalue weighted by atomic mass is 35.5. The number of benzene rings is 2. The van der Waals surface area contributed by atoms with Crippen molar-refractivity contribution in [3.8, 4) is 0 Å². The molecule has 7 nitrogen and oxygen atoms in total. The Labute approximate surface area is 162 Å². The highest BCUT2D eigenvalue weighted by molar-refractivity contribution is 7.89. The molecule has 2 aromatic carbocycles. The van der Waals surface area contributed by atoms with Gasteiger partial charge in [-0.2, -0.15) is 5.10 Å². The number of rotatable bonds is 6. The standard InChI is InChI=1S/C18H17ClN4O3S/c1-23-10-9-17(22-23)21-18(24)14-7-8-15(19)16(11-14)27(25,26)20-12-13-5-3-2-4-6-13/h2-11,20H,12H2,1H3,(H,21,22,24). The number of aromatic nitrogens is 2. The summed E-state index contributed by atoms with van der Waals surface area (Å²) >= 11 is 6.06. The minimum absolute atomic E-state index is 0.0324. The van der Waals surface area contributed by atoms with E-state index in [-0.39, 0.29) is 22.0 Å². The van der Waals surface area contributed by atoms with Gasteiger partial charge in [-0.05, 0) is 23.8 Å². The third-order valence-electron chi connectivity index (χ3n) is 3.75. The Morgan fingerprint density at radius 2 is 1.89 bits per heavy atom. The highest BCUT2D eigenvalue weighted by Crippen LogP contribution is 2.23. The van der Waals surface area contributed by atoms with Gasteiger partial charge in [-0.1, -0.05) is 41.9 Å². The summed E-state index contributed by atoms with van der Waals surface area (Å²) in [5.74, 6) is -0.117. The topological polar surface area (TPSA) is 93.1 Å². The van der Waals surface area contributed by atoms with E-state index in [4.69, 9.17) is 11.6 Å². The molecule has 1 aromatic heterocycles. The number of anilines is 1. The summed E-state index contributed by atoms with van der Waals surface area (Å²) in [7, 11) is -2.17. The van der Waals surface area contributed by atoms with Gasteiger partial charge < -0.3 is 5.32 Å². The minimum Gasteiger partial charge on any atom is -0.305 e. The van der Waals surface area contributed by atoms with Crippen molar-refractivity contribution >= 4 is 33.3 Å². The van der Waals surface area contributed by atoms with Crippen molar-refractivity contribution < 1.29 is 13.2 Å². The maximum absolute atomic E-state index is 12.6. The summed E-state index contributed by atoms with van der Waals surface area (Å²) in [5.41, 5.74) is 0.964. The van der Waals surface area contributed by atoms with Crippen molar-refractivity contribution in [2.75, 3.05) is 5.32 Å². The smallest absolute Gasteiger partial charge is 0.256 e. The number of carbonyl (C=O) groups is 1. The van der Waals surface area contributed by atoms with E-state index in [0.717, 1.165) is 5.56 Å². The third-order valence-corrected chi connectivity index (χ3v) is 5.63. The van der Waals surface area contributed by atoms with E-state index in [0.29, 0.717) is 5.82 Å². The lowest BCUT2D eigenvalue weighted by Crippen LogP contribution is -2.24. The molecule has 9 heteroatoms. The molecular formula is C18H17ClN4O3S. The molecule has 0 aliphatic carbocycles. The molecule has 3 aromatic rings. The third kappa shape index (κ3) is 4.73. The first-order valence-corrected chi connectivity index (χ1v) is 9.85. The number of amides is 1. The first-order valence-electron chi connectivity index (χ1n) is 7.99. The Morgan fingerprint density at radius 1 is 1.15 bits per heavy atom. The summed E-state index contributed by atoms with van der Waals surface area (Å²) < 4.78 is 29.3. The van der Waals surface area contributed by atoms with Gasteiger partial charge in [0.25, 0.3) is 5.91 Å². The average molecular weight is 405 g/mol. The molecular weight excluding hydrogens is 388 g/mol. The van der Waals surface area contributed by atoms with E-state index in [9.17, 15) is 13.2 Å². The molecule has 0 aliphatic heterocycles. The fraction of sp³-hybridized carbons (Fsp3) is 0.111. The number of aryl methyl sites for hydroxylation is 1. The van der Waals surface area contributed by atoms with Gasteiger partial charge in [-0.15, -0.1) is 0 Å². The zero-order chi connectivity index (χ0) is 19.4. The summed E-state index contributed by atoms with van der Waals surface area (Å²) in [6.07, 6.45) is 1.68. The molecule has 27 heavy (non-hydrogen) atoms. The number of hydrogen-bond donors (Lipinski definition) is 2. The molecule has 0 unspecified atom stereocenters. The van der Waals surface area contributed by atoms with Gasteiger partial charge >= 0.3 is 0 Å². The van der Waals surface area contributed by atoms with Crippen molar-refractivity contribution in [1.29, 1.82) is 0 Å². The van der Waals surface area contributed by atoms with Crippen LogP contribution in [0.1, 0.15) is 15.9 Å². The number of hydrogen-bond acceptors (Lipinski definition) is 4. The SMILES string of the molecule is Cn1ccc(NC(=O)c2ccc(Cl)c(S(=O)(=O)NCc3ccccc3)c2)n1. The van der Waals surface area contributed by atoms with Gasteiger partial charge in [0.05, 0.1) is 5.02 Å². The van der Waals surface area contributed by atoms with Gasteiger partial charge in [0.1, 0.15) is 4.90 Å². The number of nitrogens with one attached hydrogen (secondary N) is 2. The van der Waals surface area contributed by atoms with Crippen LogP contribution in [0.5, 0.6) is 0 Å². The predicted octanol–water partition coefficient (Wildman–Crippen LogP) is 2.80. The van der Waals surface area contributed by atoms with E-state index >= 15 is 0 Å². The molecule has 3 rings (SSSR count). The Kier molecular flexibility index (Phi) is 5.59. The van der Waals surface area contributed by atoms with Crippen LogP contribution < -0.4 is 10.0 Å². The summed E-state index contributed by atoms with van der Waals surface area (Å²) in [4.78, 5) is 12.2. The van der Waals surface area contributed by atoms with E-state index in [1.807, 2.05) is 18.2 Å².